The quantitative estimate of drug-likeness (QED) is 0.294. The minimum Gasteiger partial charge on any atom is -0.378 e. The number of fused-ring (bicyclic) bond motifs is 1. The Bertz CT molecular complexity index is 1560. The monoisotopic (exact) mass is 569 g/mol. The van der Waals surface area contributed by atoms with Gasteiger partial charge in [-0.3, -0.25) is 14.4 Å². The number of nitrogens with one attached hydrogen (secondary N) is 1. The maximum absolute atomic E-state index is 13.4. The van der Waals surface area contributed by atoms with Crippen LogP contribution in [0.5, 0.6) is 0 Å². The van der Waals surface area contributed by atoms with Gasteiger partial charge in [-0.05, 0) is 76.8 Å². The van der Waals surface area contributed by atoms with Crippen LogP contribution in [0.4, 0.5) is 11.6 Å². The molecular formula is C31H39N9O2. The lowest BCUT2D eigenvalue weighted by Gasteiger charge is -2.36. The lowest BCUT2D eigenvalue weighted by molar-refractivity contribution is -0.0677. The van der Waals surface area contributed by atoms with E-state index in [9.17, 15) is 4.79 Å². The number of aromatic nitrogens is 7. The Hall–Kier alpha value is -3.96. The number of carbonyl (C=O) groups is 1. The fourth-order valence-corrected chi connectivity index (χ4v) is 5.47. The van der Waals surface area contributed by atoms with Gasteiger partial charge in [0.25, 0.3) is 0 Å². The van der Waals surface area contributed by atoms with E-state index in [0.29, 0.717) is 24.1 Å². The first-order chi connectivity index (χ1) is 20.1. The highest BCUT2D eigenvalue weighted by Crippen LogP contribution is 2.36. The Morgan fingerprint density at radius 1 is 1.17 bits per heavy atom. The Morgan fingerprint density at radius 2 is 2.00 bits per heavy atom. The van der Waals surface area contributed by atoms with Gasteiger partial charge in [0.05, 0.1) is 48.6 Å². The fraction of sp³-hybridized carbons (Fsp3) is 0.484. The number of nitrogens with zero attached hydrogens (tertiary/aromatic N) is 8. The number of anilines is 2. The molecule has 2 aliphatic rings. The van der Waals surface area contributed by atoms with Crippen molar-refractivity contribution in [3.05, 3.63) is 65.9 Å². The van der Waals surface area contributed by atoms with E-state index in [-0.39, 0.29) is 23.3 Å². The topological polar surface area (TPSA) is 116 Å². The van der Waals surface area contributed by atoms with Gasteiger partial charge in [0, 0.05) is 37.0 Å². The number of carbonyl (C=O) groups excluding carboxylic acids is 1. The number of ketones is 1. The third-order valence-electron chi connectivity index (χ3n) is 8.09. The van der Waals surface area contributed by atoms with Gasteiger partial charge in [-0.25, -0.2) is 14.6 Å². The van der Waals surface area contributed by atoms with Crippen molar-refractivity contribution in [2.75, 3.05) is 25.1 Å². The Balaban J connectivity index is 1.26. The van der Waals surface area contributed by atoms with Gasteiger partial charge in [0.1, 0.15) is 5.69 Å². The van der Waals surface area contributed by atoms with Crippen LogP contribution in [0.3, 0.4) is 0 Å². The molecule has 0 radical (unpaired) electrons. The molecule has 11 heteroatoms. The summed E-state index contributed by atoms with van der Waals surface area (Å²) in [7, 11) is 0. The van der Waals surface area contributed by atoms with Gasteiger partial charge in [-0.15, -0.1) is 5.10 Å². The Morgan fingerprint density at radius 3 is 2.69 bits per heavy atom. The van der Waals surface area contributed by atoms with E-state index in [1.165, 1.54) is 11.1 Å². The summed E-state index contributed by atoms with van der Waals surface area (Å²) in [5.41, 5.74) is 5.33. The predicted molar refractivity (Wildman–Crippen MR) is 160 cm³/mol. The Kier molecular flexibility index (Phi) is 7.63. The number of Topliss-reactive ketones (excluding diaryl/α,β-unsaturated/α-hetero) is 1. The fourth-order valence-electron chi connectivity index (χ4n) is 5.47. The minimum atomic E-state index is -0.228. The van der Waals surface area contributed by atoms with Crippen molar-refractivity contribution in [3.63, 3.8) is 0 Å². The molecule has 4 aromatic rings. The smallest absolute Gasteiger partial charge is 0.227 e. The molecule has 5 heterocycles. The van der Waals surface area contributed by atoms with E-state index >= 15 is 0 Å². The van der Waals surface area contributed by atoms with E-state index in [2.05, 4.69) is 62.7 Å². The third kappa shape index (κ3) is 5.98. The van der Waals surface area contributed by atoms with E-state index in [1.807, 2.05) is 37.7 Å². The summed E-state index contributed by atoms with van der Waals surface area (Å²) in [5.74, 6) is 0.636. The van der Waals surface area contributed by atoms with Gasteiger partial charge in [-0.2, -0.15) is 5.10 Å². The summed E-state index contributed by atoms with van der Waals surface area (Å²) in [6.07, 6.45) is 8.57. The second kappa shape index (κ2) is 11.4. The molecule has 0 unspecified atom stereocenters. The average molecular weight is 570 g/mol. The molecule has 11 nitrogen and oxygen atoms in total. The van der Waals surface area contributed by atoms with E-state index in [4.69, 9.17) is 9.72 Å². The number of rotatable bonds is 8. The van der Waals surface area contributed by atoms with Crippen LogP contribution >= 0.6 is 0 Å². The molecule has 1 aromatic carbocycles. The summed E-state index contributed by atoms with van der Waals surface area (Å²) in [4.78, 5) is 25.1. The third-order valence-corrected chi connectivity index (χ3v) is 8.09. The highest BCUT2D eigenvalue weighted by atomic mass is 16.5. The number of benzene rings is 1. The predicted octanol–water partition coefficient (Wildman–Crippen LogP) is 4.97. The van der Waals surface area contributed by atoms with Crippen molar-refractivity contribution < 1.29 is 9.53 Å². The lowest BCUT2D eigenvalue weighted by atomic mass is 9.87. The average Bonchev–Trinajstić information content (AvgIpc) is 3.57. The molecule has 0 aliphatic carbocycles. The van der Waals surface area contributed by atoms with Crippen molar-refractivity contribution in [2.45, 2.75) is 77.5 Å². The molecule has 3 aromatic heterocycles. The zero-order valence-electron chi connectivity index (χ0n) is 25.0. The van der Waals surface area contributed by atoms with Crippen LogP contribution in [0.15, 0.2) is 49.1 Å². The first-order valence-electron chi connectivity index (χ1n) is 14.7. The first-order valence-corrected chi connectivity index (χ1v) is 14.7. The second-order valence-corrected chi connectivity index (χ2v) is 12.6. The molecule has 2 aliphatic heterocycles. The van der Waals surface area contributed by atoms with Crippen LogP contribution in [0.2, 0.25) is 0 Å². The van der Waals surface area contributed by atoms with Crippen LogP contribution in [0, 0.1) is 0 Å². The van der Waals surface area contributed by atoms with Gasteiger partial charge >= 0.3 is 0 Å². The maximum atomic E-state index is 13.4. The molecule has 0 spiro atoms. The van der Waals surface area contributed by atoms with Gasteiger partial charge in [0.2, 0.25) is 5.95 Å². The normalized spacial score (nSPS) is 18.0. The number of ether oxygens (including phenoxy) is 1. The lowest BCUT2D eigenvalue weighted by Crippen LogP contribution is -2.48. The van der Waals surface area contributed by atoms with E-state index < -0.39 is 0 Å². The number of hydrogen-bond donors (Lipinski definition) is 1. The summed E-state index contributed by atoms with van der Waals surface area (Å²) in [6.45, 7) is 13.5. The molecule has 0 saturated carbocycles. The van der Waals surface area contributed by atoms with Gasteiger partial charge in [-0.1, -0.05) is 17.3 Å². The molecule has 0 amide bonds. The van der Waals surface area contributed by atoms with Crippen LogP contribution < -0.4 is 5.32 Å². The van der Waals surface area contributed by atoms with Crippen molar-refractivity contribution in [3.8, 4) is 11.3 Å². The molecule has 1 atom stereocenters. The summed E-state index contributed by atoms with van der Waals surface area (Å²) >= 11 is 0. The van der Waals surface area contributed by atoms with Crippen molar-refractivity contribution in [2.24, 2.45) is 0 Å². The molecular weight excluding hydrogens is 530 g/mol. The second-order valence-electron chi connectivity index (χ2n) is 12.6. The van der Waals surface area contributed by atoms with Gasteiger partial charge < -0.3 is 10.1 Å². The van der Waals surface area contributed by atoms with Crippen molar-refractivity contribution >= 4 is 17.4 Å². The van der Waals surface area contributed by atoms with E-state index in [1.54, 1.807) is 23.3 Å². The molecule has 6 rings (SSSR count). The zero-order valence-corrected chi connectivity index (χ0v) is 25.0. The molecule has 42 heavy (non-hydrogen) atoms. The maximum Gasteiger partial charge on any atom is 0.227 e. The molecule has 1 fully saturated rings. The van der Waals surface area contributed by atoms with Gasteiger partial charge in [0.15, 0.2) is 5.78 Å². The van der Waals surface area contributed by atoms with Crippen LogP contribution in [0.1, 0.15) is 81.0 Å². The SMILES string of the molecule is CC(C)n1cc(Nc2nccc(-c3ccc4c(c3)CN(C3COC3)CC[C@H]4CC(=O)c3cn(C(C)(C)C)nn3)n2)cn1. The van der Waals surface area contributed by atoms with Crippen LogP contribution in [-0.4, -0.2) is 71.2 Å². The minimum absolute atomic E-state index is 0.0262. The highest BCUT2D eigenvalue weighted by Gasteiger charge is 2.32. The van der Waals surface area contributed by atoms with E-state index in [0.717, 1.165) is 49.7 Å². The molecule has 1 saturated heterocycles. The molecule has 1 N–H and O–H groups in total. The molecule has 0 bridgehead atoms. The highest BCUT2D eigenvalue weighted by molar-refractivity contribution is 5.94. The number of hydrogen-bond acceptors (Lipinski definition) is 9. The summed E-state index contributed by atoms with van der Waals surface area (Å²) in [5, 5.41) is 16.1. The van der Waals surface area contributed by atoms with Crippen molar-refractivity contribution in [1.29, 1.82) is 0 Å². The van der Waals surface area contributed by atoms with Crippen molar-refractivity contribution in [1.82, 2.24) is 39.6 Å². The largest absolute Gasteiger partial charge is 0.378 e. The summed E-state index contributed by atoms with van der Waals surface area (Å²) < 4.78 is 9.17. The van der Waals surface area contributed by atoms with Crippen LogP contribution in [-0.2, 0) is 16.8 Å². The van der Waals surface area contributed by atoms with Crippen LogP contribution in [0.25, 0.3) is 11.3 Å². The summed E-state index contributed by atoms with van der Waals surface area (Å²) in [6, 6.07) is 9.12. The molecule has 220 valence electrons. The zero-order chi connectivity index (χ0) is 29.4. The standard InChI is InChI=1S/C31H39N9O2/c1-20(2)39-16-24(14-33-39)34-30-32-10-8-27(35-30)22-6-7-26-21(9-11-38(15-23(26)12-22)25-18-42-19-25)13-29(41)28-17-40(37-36-28)31(3,4)5/h6-8,10,12,14,16-17,20-21,25H,9,11,13,15,18-19H2,1-5H3,(H,32,34,35)/t21-/m0/s1. The first kappa shape index (κ1) is 28.2. The Labute approximate surface area is 246 Å².